The fraction of sp³-hybridized carbons (Fsp3) is 0.786. The Balaban J connectivity index is 4.02. The van der Waals surface area contributed by atoms with E-state index in [1.165, 1.54) is 0 Å². The second-order valence-electron chi connectivity index (χ2n) is 5.14. The molecule has 94 valence electrons. The minimum absolute atomic E-state index is 0.0459. The second kappa shape index (κ2) is 7.48. The molecule has 1 unspecified atom stereocenters. The lowest BCUT2D eigenvalue weighted by Gasteiger charge is -2.23. The number of carbonyl (C=O) groups excluding carboxylic acids is 1. The van der Waals surface area contributed by atoms with Gasteiger partial charge in [-0.3, -0.25) is 4.79 Å². The van der Waals surface area contributed by atoms with Crippen molar-refractivity contribution in [3.05, 3.63) is 12.2 Å². The van der Waals surface area contributed by atoms with Gasteiger partial charge in [-0.1, -0.05) is 19.1 Å². The lowest BCUT2D eigenvalue weighted by Crippen LogP contribution is -2.28. The van der Waals surface area contributed by atoms with E-state index in [2.05, 4.69) is 12.2 Å². The Labute approximate surface area is 100 Å². The standard InChI is InChI=1S/C14H26O2/c1-6-8-9-10-11-12(7-2)13(15)16-14(3,4)5/h6,8,12H,7,9-11H2,1-5H3. The molecule has 0 fully saturated rings. The van der Waals surface area contributed by atoms with Gasteiger partial charge in [0.1, 0.15) is 5.60 Å². The van der Waals surface area contributed by atoms with Crippen LogP contribution in [0.2, 0.25) is 0 Å². The summed E-state index contributed by atoms with van der Waals surface area (Å²) in [6.07, 6.45) is 8.09. The number of hydrogen-bond donors (Lipinski definition) is 0. The van der Waals surface area contributed by atoms with Crippen LogP contribution in [0.15, 0.2) is 12.2 Å². The van der Waals surface area contributed by atoms with Gasteiger partial charge < -0.3 is 4.74 Å². The smallest absolute Gasteiger partial charge is 0.309 e. The van der Waals surface area contributed by atoms with E-state index in [-0.39, 0.29) is 17.5 Å². The molecule has 0 aromatic carbocycles. The van der Waals surface area contributed by atoms with Crippen molar-refractivity contribution in [2.45, 2.75) is 65.9 Å². The highest BCUT2D eigenvalue weighted by Gasteiger charge is 2.23. The van der Waals surface area contributed by atoms with Crippen molar-refractivity contribution in [2.24, 2.45) is 5.92 Å². The van der Waals surface area contributed by atoms with Gasteiger partial charge in [-0.2, -0.15) is 0 Å². The molecule has 0 amide bonds. The Morgan fingerprint density at radius 1 is 1.38 bits per heavy atom. The quantitative estimate of drug-likeness (QED) is 0.387. The third-order valence-corrected chi connectivity index (χ3v) is 2.39. The van der Waals surface area contributed by atoms with E-state index in [0.29, 0.717) is 0 Å². The molecule has 16 heavy (non-hydrogen) atoms. The first-order valence-corrected chi connectivity index (χ1v) is 6.24. The predicted molar refractivity (Wildman–Crippen MR) is 68.3 cm³/mol. The lowest BCUT2D eigenvalue weighted by atomic mass is 9.99. The highest BCUT2D eigenvalue weighted by atomic mass is 16.6. The van der Waals surface area contributed by atoms with Crippen molar-refractivity contribution in [2.75, 3.05) is 0 Å². The van der Waals surface area contributed by atoms with Gasteiger partial charge in [0, 0.05) is 0 Å². The van der Waals surface area contributed by atoms with Crippen molar-refractivity contribution < 1.29 is 9.53 Å². The first-order valence-electron chi connectivity index (χ1n) is 6.24. The summed E-state index contributed by atoms with van der Waals surface area (Å²) in [5.74, 6) is 0.0139. The monoisotopic (exact) mass is 226 g/mol. The van der Waals surface area contributed by atoms with Crippen LogP contribution in [0.4, 0.5) is 0 Å². The van der Waals surface area contributed by atoms with Gasteiger partial charge in [0.25, 0.3) is 0 Å². The van der Waals surface area contributed by atoms with Gasteiger partial charge in [0.05, 0.1) is 5.92 Å². The molecule has 0 heterocycles. The highest BCUT2D eigenvalue weighted by Crippen LogP contribution is 2.18. The second-order valence-corrected chi connectivity index (χ2v) is 5.14. The number of esters is 1. The molecule has 0 saturated carbocycles. The number of unbranched alkanes of at least 4 members (excludes halogenated alkanes) is 1. The maximum atomic E-state index is 11.8. The fourth-order valence-corrected chi connectivity index (χ4v) is 1.52. The topological polar surface area (TPSA) is 26.3 Å². The van der Waals surface area contributed by atoms with E-state index in [1.54, 1.807) is 0 Å². The number of allylic oxidation sites excluding steroid dienone is 2. The van der Waals surface area contributed by atoms with Crippen molar-refractivity contribution in [1.82, 2.24) is 0 Å². The van der Waals surface area contributed by atoms with E-state index in [4.69, 9.17) is 4.74 Å². The molecular formula is C14H26O2. The van der Waals surface area contributed by atoms with Gasteiger partial charge in [0.2, 0.25) is 0 Å². The first kappa shape index (κ1) is 15.2. The van der Waals surface area contributed by atoms with Crippen LogP contribution in [0.3, 0.4) is 0 Å². The molecule has 2 heteroatoms. The summed E-state index contributed by atoms with van der Waals surface area (Å²) in [4.78, 5) is 11.8. The predicted octanol–water partition coefficient (Wildman–Crippen LogP) is 4.10. The van der Waals surface area contributed by atoms with Gasteiger partial charge >= 0.3 is 5.97 Å². The van der Waals surface area contributed by atoms with Crippen molar-refractivity contribution in [1.29, 1.82) is 0 Å². The summed E-state index contributed by atoms with van der Waals surface area (Å²) in [5.41, 5.74) is -0.367. The zero-order chi connectivity index (χ0) is 12.6. The molecule has 0 N–H and O–H groups in total. The zero-order valence-electron chi connectivity index (χ0n) is 11.4. The molecule has 1 atom stereocenters. The average molecular weight is 226 g/mol. The van der Waals surface area contributed by atoms with Crippen LogP contribution >= 0.6 is 0 Å². The van der Waals surface area contributed by atoms with E-state index < -0.39 is 0 Å². The van der Waals surface area contributed by atoms with Gasteiger partial charge in [-0.25, -0.2) is 0 Å². The third-order valence-electron chi connectivity index (χ3n) is 2.39. The van der Waals surface area contributed by atoms with Crippen LogP contribution in [0.1, 0.15) is 60.3 Å². The van der Waals surface area contributed by atoms with Crippen LogP contribution in [0.25, 0.3) is 0 Å². The Hall–Kier alpha value is -0.790. The molecule has 0 aromatic rings. The Kier molecular flexibility index (Phi) is 7.11. The number of rotatable bonds is 6. The van der Waals surface area contributed by atoms with Gasteiger partial charge in [-0.05, 0) is 53.4 Å². The molecule has 0 radical (unpaired) electrons. The normalized spacial score (nSPS) is 14.1. The minimum atomic E-state index is -0.367. The maximum absolute atomic E-state index is 11.8. The first-order chi connectivity index (χ1) is 7.40. The van der Waals surface area contributed by atoms with E-state index in [0.717, 1.165) is 25.7 Å². The summed E-state index contributed by atoms with van der Waals surface area (Å²) in [6.45, 7) is 9.81. The molecule has 0 rings (SSSR count). The molecule has 0 saturated heterocycles. The summed E-state index contributed by atoms with van der Waals surface area (Å²) >= 11 is 0. The SMILES string of the molecule is CC=CCCCC(CC)C(=O)OC(C)(C)C. The molecular weight excluding hydrogens is 200 g/mol. The molecule has 0 aliphatic carbocycles. The van der Waals surface area contributed by atoms with Crippen LogP contribution in [0, 0.1) is 5.92 Å². The van der Waals surface area contributed by atoms with Gasteiger partial charge in [-0.15, -0.1) is 0 Å². The van der Waals surface area contributed by atoms with Crippen LogP contribution in [-0.2, 0) is 9.53 Å². The minimum Gasteiger partial charge on any atom is -0.460 e. The molecule has 0 spiro atoms. The fourth-order valence-electron chi connectivity index (χ4n) is 1.52. The Morgan fingerprint density at radius 3 is 2.44 bits per heavy atom. The highest BCUT2D eigenvalue weighted by molar-refractivity contribution is 5.72. The molecule has 0 aliphatic heterocycles. The van der Waals surface area contributed by atoms with E-state index in [9.17, 15) is 4.79 Å². The van der Waals surface area contributed by atoms with Crippen LogP contribution < -0.4 is 0 Å². The summed E-state index contributed by atoms with van der Waals surface area (Å²) in [6, 6.07) is 0. The van der Waals surface area contributed by atoms with Gasteiger partial charge in [0.15, 0.2) is 0 Å². The summed E-state index contributed by atoms with van der Waals surface area (Å²) < 4.78 is 5.39. The van der Waals surface area contributed by atoms with Crippen molar-refractivity contribution >= 4 is 5.97 Å². The molecule has 0 aliphatic rings. The zero-order valence-corrected chi connectivity index (χ0v) is 11.4. The lowest BCUT2D eigenvalue weighted by molar-refractivity contribution is -0.160. The number of carbonyl (C=O) groups is 1. The Morgan fingerprint density at radius 2 is 2.00 bits per heavy atom. The maximum Gasteiger partial charge on any atom is 0.309 e. The average Bonchev–Trinajstić information content (AvgIpc) is 2.15. The van der Waals surface area contributed by atoms with Crippen LogP contribution in [0.5, 0.6) is 0 Å². The molecule has 2 nitrogen and oxygen atoms in total. The van der Waals surface area contributed by atoms with E-state index in [1.807, 2.05) is 34.6 Å². The Bertz CT molecular complexity index is 223. The van der Waals surface area contributed by atoms with Crippen molar-refractivity contribution in [3.63, 3.8) is 0 Å². The van der Waals surface area contributed by atoms with E-state index >= 15 is 0 Å². The van der Waals surface area contributed by atoms with Crippen LogP contribution in [-0.4, -0.2) is 11.6 Å². The summed E-state index contributed by atoms with van der Waals surface area (Å²) in [5, 5.41) is 0. The number of hydrogen-bond acceptors (Lipinski definition) is 2. The number of ether oxygens (including phenoxy) is 1. The largest absolute Gasteiger partial charge is 0.460 e. The molecule has 0 bridgehead atoms. The third kappa shape index (κ3) is 7.49. The molecule has 0 aromatic heterocycles. The summed E-state index contributed by atoms with van der Waals surface area (Å²) in [7, 11) is 0. The van der Waals surface area contributed by atoms with Crippen molar-refractivity contribution in [3.8, 4) is 0 Å².